The maximum absolute atomic E-state index is 11.1. The van der Waals surface area contributed by atoms with Crippen molar-refractivity contribution in [3.05, 3.63) is 23.5 Å². The second-order valence-corrected chi connectivity index (χ2v) is 4.82. The third-order valence-electron chi connectivity index (χ3n) is 2.28. The van der Waals surface area contributed by atoms with Crippen LogP contribution in [-0.4, -0.2) is 40.4 Å². The van der Waals surface area contributed by atoms with Crippen LogP contribution in [-0.2, 0) is 0 Å². The number of hydrogen-bond donors (Lipinski definition) is 2. The number of rotatable bonds is 4. The molecule has 0 unspecified atom stereocenters. The van der Waals surface area contributed by atoms with Crippen molar-refractivity contribution in [1.29, 1.82) is 0 Å². The van der Waals surface area contributed by atoms with Gasteiger partial charge in [0.2, 0.25) is 0 Å². The fourth-order valence-electron chi connectivity index (χ4n) is 1.69. The van der Waals surface area contributed by atoms with E-state index in [1.54, 1.807) is 38.8 Å². The first-order valence-corrected chi connectivity index (χ1v) is 5.34. The third kappa shape index (κ3) is 3.71. The van der Waals surface area contributed by atoms with E-state index in [-0.39, 0.29) is 5.56 Å². The predicted octanol–water partition coefficient (Wildman–Crippen LogP) is 1.30. The first kappa shape index (κ1) is 13.4. The van der Waals surface area contributed by atoms with Crippen molar-refractivity contribution in [3.8, 4) is 0 Å². The maximum atomic E-state index is 11.1. The number of aliphatic hydroxyl groups is 1. The second kappa shape index (κ2) is 4.71. The number of hydrogen-bond acceptors (Lipinski definition) is 4. The third-order valence-corrected chi connectivity index (χ3v) is 2.28. The van der Waals surface area contributed by atoms with Crippen LogP contribution < -0.4 is 4.90 Å². The van der Waals surface area contributed by atoms with Gasteiger partial charge < -0.3 is 15.1 Å². The fraction of sp³-hybridized carbons (Fsp3) is 0.500. The molecule has 0 amide bonds. The van der Waals surface area contributed by atoms with Gasteiger partial charge in [0.15, 0.2) is 0 Å². The molecule has 0 radical (unpaired) electrons. The summed E-state index contributed by atoms with van der Waals surface area (Å²) in [5.41, 5.74) is 0.559. The van der Waals surface area contributed by atoms with Gasteiger partial charge in [-0.1, -0.05) is 0 Å². The highest BCUT2D eigenvalue weighted by atomic mass is 16.4. The number of aryl methyl sites for hydroxylation is 1. The topological polar surface area (TPSA) is 73.7 Å². The molecular weight excluding hydrogens is 220 g/mol. The Bertz CT molecular complexity index is 424. The molecule has 5 nitrogen and oxygen atoms in total. The lowest BCUT2D eigenvalue weighted by atomic mass is 10.1. The summed E-state index contributed by atoms with van der Waals surface area (Å²) in [5.74, 6) is -1.02. The van der Waals surface area contributed by atoms with Gasteiger partial charge in [0.1, 0.15) is 5.56 Å². The zero-order valence-corrected chi connectivity index (χ0v) is 10.6. The molecule has 0 saturated heterocycles. The number of carboxylic acid groups (broad SMARTS) is 1. The molecule has 94 valence electrons. The van der Waals surface area contributed by atoms with E-state index >= 15 is 0 Å². The van der Waals surface area contributed by atoms with Crippen LogP contribution in [0.15, 0.2) is 12.3 Å². The highest BCUT2D eigenvalue weighted by Crippen LogP contribution is 2.21. The molecule has 1 aromatic rings. The molecule has 1 heterocycles. The number of carboxylic acids is 1. The van der Waals surface area contributed by atoms with Crippen molar-refractivity contribution in [1.82, 2.24) is 4.98 Å². The first-order valence-electron chi connectivity index (χ1n) is 5.34. The maximum Gasteiger partial charge on any atom is 0.339 e. The van der Waals surface area contributed by atoms with E-state index in [0.717, 1.165) is 5.69 Å². The fourth-order valence-corrected chi connectivity index (χ4v) is 1.69. The molecule has 1 rings (SSSR count). The summed E-state index contributed by atoms with van der Waals surface area (Å²) in [4.78, 5) is 16.8. The van der Waals surface area contributed by atoms with Gasteiger partial charge in [0.25, 0.3) is 0 Å². The van der Waals surface area contributed by atoms with E-state index in [1.807, 2.05) is 0 Å². The number of nitrogens with zero attached hydrogens (tertiary/aromatic N) is 2. The van der Waals surface area contributed by atoms with E-state index in [0.29, 0.717) is 12.2 Å². The molecule has 0 fully saturated rings. The van der Waals surface area contributed by atoms with Gasteiger partial charge in [0, 0.05) is 25.5 Å². The van der Waals surface area contributed by atoms with Crippen molar-refractivity contribution >= 4 is 11.7 Å². The molecule has 0 spiro atoms. The average molecular weight is 238 g/mol. The van der Waals surface area contributed by atoms with Gasteiger partial charge in [-0.15, -0.1) is 0 Å². The molecule has 0 aromatic carbocycles. The molecule has 0 aliphatic heterocycles. The summed E-state index contributed by atoms with van der Waals surface area (Å²) in [5, 5.41) is 18.8. The second-order valence-electron chi connectivity index (χ2n) is 4.82. The van der Waals surface area contributed by atoms with Crippen LogP contribution in [0.2, 0.25) is 0 Å². The summed E-state index contributed by atoms with van der Waals surface area (Å²) in [6.07, 6.45) is 1.34. The van der Waals surface area contributed by atoms with Crippen molar-refractivity contribution < 1.29 is 15.0 Å². The lowest BCUT2D eigenvalue weighted by molar-refractivity contribution is 0.0694. The van der Waals surface area contributed by atoms with E-state index in [2.05, 4.69) is 4.98 Å². The van der Waals surface area contributed by atoms with Gasteiger partial charge in [-0.2, -0.15) is 0 Å². The summed E-state index contributed by atoms with van der Waals surface area (Å²) in [6.45, 7) is 5.50. The first-order chi connectivity index (χ1) is 7.70. The van der Waals surface area contributed by atoms with Gasteiger partial charge in [0.05, 0.1) is 11.3 Å². The minimum Gasteiger partial charge on any atom is -0.478 e. The zero-order valence-electron chi connectivity index (χ0n) is 10.6. The zero-order chi connectivity index (χ0) is 13.2. The van der Waals surface area contributed by atoms with Gasteiger partial charge >= 0.3 is 5.97 Å². The Morgan fingerprint density at radius 1 is 1.53 bits per heavy atom. The molecule has 1 aromatic heterocycles. The van der Waals surface area contributed by atoms with Crippen molar-refractivity contribution in [3.63, 3.8) is 0 Å². The molecule has 0 aliphatic rings. The van der Waals surface area contributed by atoms with Crippen LogP contribution >= 0.6 is 0 Å². The standard InChI is InChI=1S/C12H18N2O3/c1-8-5-10(9(6-13-8)11(15)16)14(4)7-12(2,3)17/h5-6,17H,7H2,1-4H3,(H,15,16). The quantitative estimate of drug-likeness (QED) is 0.827. The Labute approximate surface area is 101 Å². The van der Waals surface area contributed by atoms with E-state index in [9.17, 15) is 9.90 Å². The molecule has 0 atom stereocenters. The van der Waals surface area contributed by atoms with E-state index in [1.165, 1.54) is 6.20 Å². The van der Waals surface area contributed by atoms with Crippen LogP contribution in [0.5, 0.6) is 0 Å². The normalized spacial score (nSPS) is 11.4. The Morgan fingerprint density at radius 2 is 2.12 bits per heavy atom. The molecule has 0 bridgehead atoms. The van der Waals surface area contributed by atoms with E-state index < -0.39 is 11.6 Å². The van der Waals surface area contributed by atoms with Crippen LogP contribution in [0.1, 0.15) is 29.9 Å². The lowest BCUT2D eigenvalue weighted by Crippen LogP contribution is -2.37. The lowest BCUT2D eigenvalue weighted by Gasteiger charge is -2.28. The highest BCUT2D eigenvalue weighted by Gasteiger charge is 2.20. The van der Waals surface area contributed by atoms with Gasteiger partial charge in [-0.05, 0) is 26.8 Å². The monoisotopic (exact) mass is 238 g/mol. The number of likely N-dealkylation sites (N-methyl/N-ethyl adjacent to an activating group) is 1. The Kier molecular flexibility index (Phi) is 3.72. The predicted molar refractivity (Wildman–Crippen MR) is 65.5 cm³/mol. The molecule has 0 saturated carbocycles. The number of anilines is 1. The molecular formula is C12H18N2O3. The van der Waals surface area contributed by atoms with Gasteiger partial charge in [-0.25, -0.2) is 4.79 Å². The van der Waals surface area contributed by atoms with Crippen LogP contribution in [0.25, 0.3) is 0 Å². The number of pyridine rings is 1. The molecule has 0 aliphatic carbocycles. The van der Waals surface area contributed by atoms with Crippen LogP contribution in [0.3, 0.4) is 0 Å². The van der Waals surface area contributed by atoms with Crippen molar-refractivity contribution in [2.75, 3.05) is 18.5 Å². The average Bonchev–Trinajstić information content (AvgIpc) is 2.14. The summed E-state index contributed by atoms with van der Waals surface area (Å²) < 4.78 is 0. The number of aromatic nitrogens is 1. The van der Waals surface area contributed by atoms with Crippen LogP contribution in [0, 0.1) is 6.92 Å². The Balaban J connectivity index is 3.10. The number of carbonyl (C=O) groups is 1. The van der Waals surface area contributed by atoms with Crippen LogP contribution in [0.4, 0.5) is 5.69 Å². The summed E-state index contributed by atoms with van der Waals surface area (Å²) >= 11 is 0. The van der Waals surface area contributed by atoms with Crippen molar-refractivity contribution in [2.24, 2.45) is 0 Å². The van der Waals surface area contributed by atoms with E-state index in [4.69, 9.17) is 5.11 Å². The van der Waals surface area contributed by atoms with Crippen molar-refractivity contribution in [2.45, 2.75) is 26.4 Å². The highest BCUT2D eigenvalue weighted by molar-refractivity contribution is 5.94. The minimum atomic E-state index is -1.02. The molecule has 17 heavy (non-hydrogen) atoms. The Morgan fingerprint density at radius 3 is 2.59 bits per heavy atom. The van der Waals surface area contributed by atoms with Gasteiger partial charge in [-0.3, -0.25) is 4.98 Å². The summed E-state index contributed by atoms with van der Waals surface area (Å²) in [6, 6.07) is 1.70. The molecule has 2 N–H and O–H groups in total. The Hall–Kier alpha value is -1.62. The SMILES string of the molecule is Cc1cc(N(C)CC(C)(C)O)c(C(=O)O)cn1. The smallest absolute Gasteiger partial charge is 0.339 e. The number of aromatic carboxylic acids is 1. The molecule has 5 heteroatoms. The minimum absolute atomic E-state index is 0.141. The largest absolute Gasteiger partial charge is 0.478 e. The summed E-state index contributed by atoms with van der Waals surface area (Å²) in [7, 11) is 1.75.